The van der Waals surface area contributed by atoms with Crippen LogP contribution in [0.2, 0.25) is 0 Å². The molecule has 2 aliphatic heterocycles. The highest BCUT2D eigenvalue weighted by molar-refractivity contribution is 5.91. The maximum Gasteiger partial charge on any atom is 0.310 e. The van der Waals surface area contributed by atoms with Gasteiger partial charge < -0.3 is 20.1 Å². The molecule has 3 atom stereocenters. The van der Waals surface area contributed by atoms with Crippen molar-refractivity contribution in [2.75, 3.05) is 13.2 Å². The SMILES string of the molecule is CC(C)C[C@H]1C(=O)N[C@H](C(=O)NCCCCCC(=O)NOCc2ccccc2)Cc2ccc(cc2)OCCCC[C@H]1C(=O)OC(C)(C)C. The van der Waals surface area contributed by atoms with Crippen LogP contribution in [-0.2, 0) is 41.8 Å². The molecule has 0 radical (unpaired) electrons. The third-order valence-electron chi connectivity index (χ3n) is 8.08. The highest BCUT2D eigenvalue weighted by Gasteiger charge is 2.38. The molecule has 10 heteroatoms. The molecule has 2 aromatic rings. The van der Waals surface area contributed by atoms with Gasteiger partial charge >= 0.3 is 5.97 Å². The quantitative estimate of drug-likeness (QED) is 0.140. The predicted octanol–water partition coefficient (Wildman–Crippen LogP) is 5.82. The van der Waals surface area contributed by atoms with E-state index in [-0.39, 0.29) is 30.1 Å². The predicted molar refractivity (Wildman–Crippen MR) is 185 cm³/mol. The van der Waals surface area contributed by atoms with Gasteiger partial charge in [0.05, 0.1) is 25.0 Å². The molecule has 2 aromatic carbocycles. The number of nitrogens with one attached hydrogen (secondary N) is 3. The first-order valence-electron chi connectivity index (χ1n) is 17.4. The van der Waals surface area contributed by atoms with Gasteiger partial charge in [-0.1, -0.05) is 62.7 Å². The first-order valence-corrected chi connectivity index (χ1v) is 17.4. The summed E-state index contributed by atoms with van der Waals surface area (Å²) in [5.41, 5.74) is 3.63. The van der Waals surface area contributed by atoms with Gasteiger partial charge in [0.1, 0.15) is 17.4 Å². The lowest BCUT2D eigenvalue weighted by Crippen LogP contribution is -2.51. The molecule has 264 valence electrons. The van der Waals surface area contributed by atoms with Crippen LogP contribution in [0, 0.1) is 17.8 Å². The van der Waals surface area contributed by atoms with Crippen LogP contribution in [-0.4, -0.2) is 48.5 Å². The van der Waals surface area contributed by atoms with Crippen molar-refractivity contribution < 1.29 is 33.5 Å². The van der Waals surface area contributed by atoms with E-state index in [1.54, 1.807) is 0 Å². The fourth-order valence-corrected chi connectivity index (χ4v) is 5.67. The number of hydrogen-bond acceptors (Lipinski definition) is 7. The third kappa shape index (κ3) is 14.5. The molecule has 0 unspecified atom stereocenters. The molecule has 4 rings (SSSR count). The van der Waals surface area contributed by atoms with Crippen LogP contribution in [0.1, 0.15) is 97.1 Å². The average Bonchev–Trinajstić information content (AvgIpc) is 3.03. The topological polar surface area (TPSA) is 132 Å². The van der Waals surface area contributed by atoms with Crippen molar-refractivity contribution in [3.8, 4) is 5.75 Å². The van der Waals surface area contributed by atoms with Gasteiger partial charge in [-0.25, -0.2) is 5.48 Å². The van der Waals surface area contributed by atoms with E-state index in [2.05, 4.69) is 16.1 Å². The van der Waals surface area contributed by atoms with Crippen LogP contribution in [0.5, 0.6) is 5.75 Å². The summed E-state index contributed by atoms with van der Waals surface area (Å²) in [6.45, 7) is 10.7. The van der Waals surface area contributed by atoms with E-state index >= 15 is 0 Å². The zero-order chi connectivity index (χ0) is 34.9. The molecule has 2 heterocycles. The number of fused-ring (bicyclic) bond motifs is 12. The molecule has 0 spiro atoms. The third-order valence-corrected chi connectivity index (χ3v) is 8.08. The van der Waals surface area contributed by atoms with Gasteiger partial charge in [-0.15, -0.1) is 0 Å². The molecule has 2 aliphatic rings. The Morgan fingerprint density at radius 3 is 2.40 bits per heavy atom. The summed E-state index contributed by atoms with van der Waals surface area (Å²) in [5.74, 6) is -1.60. The Balaban J connectivity index is 1.61. The molecule has 48 heavy (non-hydrogen) atoms. The standard InChI is InChI=1S/C38H55N3O7/c1-27(2)24-32-31(37(45)48-38(3,4)5)16-11-13-23-46-30-20-18-28(19-21-30)25-33(40-35(32)43)36(44)39-22-12-7-10-17-34(42)41-47-26-29-14-8-6-9-15-29/h6,8-9,14-15,18-21,27,31-33H,7,10-13,16-17,22-26H2,1-5H3,(H,39,44)(H,40,43)(H,41,42)/t31-,32-,33+/m1/s1. The van der Waals surface area contributed by atoms with Gasteiger partial charge in [0.2, 0.25) is 17.7 Å². The van der Waals surface area contributed by atoms with Crippen molar-refractivity contribution in [3.05, 3.63) is 65.7 Å². The Hall–Kier alpha value is -3.92. The summed E-state index contributed by atoms with van der Waals surface area (Å²) in [7, 11) is 0. The van der Waals surface area contributed by atoms with Gasteiger partial charge in [0.15, 0.2) is 0 Å². The molecular formula is C38H55N3O7. The molecule has 0 aromatic heterocycles. The molecule has 0 saturated heterocycles. The minimum absolute atomic E-state index is 0.146. The lowest BCUT2D eigenvalue weighted by Gasteiger charge is -2.31. The van der Waals surface area contributed by atoms with Crippen molar-refractivity contribution in [2.24, 2.45) is 17.8 Å². The maximum atomic E-state index is 14.0. The summed E-state index contributed by atoms with van der Waals surface area (Å²) in [5, 5.41) is 5.99. The summed E-state index contributed by atoms with van der Waals surface area (Å²) in [4.78, 5) is 58.4. The summed E-state index contributed by atoms with van der Waals surface area (Å²) in [6.07, 6.45) is 5.05. The largest absolute Gasteiger partial charge is 0.494 e. The van der Waals surface area contributed by atoms with Gasteiger partial charge in [-0.3, -0.25) is 24.0 Å². The number of unbranched alkanes of at least 4 members (excludes halogenated alkanes) is 2. The molecule has 0 aliphatic carbocycles. The number of carbonyl (C=O) groups excluding carboxylic acids is 4. The lowest BCUT2D eigenvalue weighted by atomic mass is 9.81. The van der Waals surface area contributed by atoms with Gasteiger partial charge in [0, 0.05) is 19.4 Å². The molecule has 0 fully saturated rings. The fourth-order valence-electron chi connectivity index (χ4n) is 5.67. The second-order valence-corrected chi connectivity index (χ2v) is 14.0. The highest BCUT2D eigenvalue weighted by Crippen LogP contribution is 2.29. The number of amides is 3. The number of benzene rings is 2. The first-order chi connectivity index (χ1) is 22.9. The van der Waals surface area contributed by atoms with Crippen LogP contribution in [0.25, 0.3) is 0 Å². The number of hydrogen-bond donors (Lipinski definition) is 3. The number of carbonyl (C=O) groups is 4. The molecule has 3 amide bonds. The smallest absolute Gasteiger partial charge is 0.310 e. The van der Waals surface area contributed by atoms with Gasteiger partial charge in [-0.05, 0) is 88.5 Å². The summed E-state index contributed by atoms with van der Waals surface area (Å²) < 4.78 is 11.7. The molecule has 10 nitrogen and oxygen atoms in total. The Bertz CT molecular complexity index is 1290. The zero-order valence-corrected chi connectivity index (χ0v) is 29.3. The van der Waals surface area contributed by atoms with Crippen LogP contribution >= 0.6 is 0 Å². The highest BCUT2D eigenvalue weighted by atomic mass is 16.6. The second-order valence-electron chi connectivity index (χ2n) is 14.0. The van der Waals surface area contributed by atoms with Crippen LogP contribution < -0.4 is 20.9 Å². The van der Waals surface area contributed by atoms with E-state index in [1.807, 2.05) is 89.2 Å². The zero-order valence-electron chi connectivity index (χ0n) is 29.3. The van der Waals surface area contributed by atoms with Crippen LogP contribution in [0.4, 0.5) is 0 Å². The number of rotatable bonds is 13. The van der Waals surface area contributed by atoms with E-state index in [1.165, 1.54) is 0 Å². The number of hydroxylamine groups is 1. The normalized spacial score (nSPS) is 19.0. The van der Waals surface area contributed by atoms with Crippen LogP contribution in [0.3, 0.4) is 0 Å². The molecule has 3 N–H and O–H groups in total. The van der Waals surface area contributed by atoms with Crippen molar-refractivity contribution in [1.82, 2.24) is 16.1 Å². The monoisotopic (exact) mass is 665 g/mol. The summed E-state index contributed by atoms with van der Waals surface area (Å²) in [6, 6.07) is 16.3. The minimum atomic E-state index is -0.837. The van der Waals surface area contributed by atoms with Gasteiger partial charge in [-0.2, -0.15) is 0 Å². The van der Waals surface area contributed by atoms with Crippen molar-refractivity contribution in [1.29, 1.82) is 0 Å². The van der Waals surface area contributed by atoms with E-state index in [0.717, 1.165) is 29.7 Å². The average molecular weight is 666 g/mol. The lowest BCUT2D eigenvalue weighted by molar-refractivity contribution is -0.164. The van der Waals surface area contributed by atoms with Crippen molar-refractivity contribution in [3.63, 3.8) is 0 Å². The summed E-state index contributed by atoms with van der Waals surface area (Å²) >= 11 is 0. The maximum absolute atomic E-state index is 14.0. The van der Waals surface area contributed by atoms with Crippen molar-refractivity contribution >= 4 is 23.7 Å². The van der Waals surface area contributed by atoms with E-state index < -0.39 is 29.4 Å². The van der Waals surface area contributed by atoms with E-state index in [4.69, 9.17) is 14.3 Å². The number of esters is 1. The second kappa shape index (κ2) is 19.8. The first kappa shape index (κ1) is 38.5. The fraction of sp³-hybridized carbons (Fsp3) is 0.579. The Labute approximate surface area is 286 Å². The minimum Gasteiger partial charge on any atom is -0.494 e. The molecular weight excluding hydrogens is 610 g/mol. The number of ether oxygens (including phenoxy) is 2. The van der Waals surface area contributed by atoms with Crippen molar-refractivity contribution in [2.45, 2.75) is 111 Å². The van der Waals surface area contributed by atoms with E-state index in [9.17, 15) is 19.2 Å². The Morgan fingerprint density at radius 1 is 0.979 bits per heavy atom. The molecule has 2 bridgehead atoms. The van der Waals surface area contributed by atoms with Gasteiger partial charge in [0.25, 0.3) is 0 Å². The van der Waals surface area contributed by atoms with E-state index in [0.29, 0.717) is 58.3 Å². The molecule has 0 saturated carbocycles. The Kier molecular flexibility index (Phi) is 15.9. The Morgan fingerprint density at radius 2 is 1.71 bits per heavy atom. The van der Waals surface area contributed by atoms with Crippen LogP contribution in [0.15, 0.2) is 54.6 Å².